The number of carbonyl (C=O) groups excluding carboxylic acids is 1. The van der Waals surface area contributed by atoms with Crippen molar-refractivity contribution >= 4 is 21.8 Å². The third kappa shape index (κ3) is 4.30. The Balaban J connectivity index is 1.86. The van der Waals surface area contributed by atoms with E-state index < -0.39 is 12.2 Å². The van der Waals surface area contributed by atoms with Crippen molar-refractivity contribution in [3.63, 3.8) is 0 Å². The Kier molecular flexibility index (Phi) is 6.25. The normalized spacial score (nSPS) is 22.9. The van der Waals surface area contributed by atoms with Crippen LogP contribution >= 0.6 is 15.9 Å². The van der Waals surface area contributed by atoms with Crippen molar-refractivity contribution in [1.82, 2.24) is 5.32 Å². The summed E-state index contributed by atoms with van der Waals surface area (Å²) < 4.78 is 19.0. The molecule has 1 aliphatic heterocycles. The Morgan fingerprint density at radius 3 is 2.60 bits per heavy atom. The van der Waals surface area contributed by atoms with Crippen LogP contribution < -0.4 is 5.32 Å². The van der Waals surface area contributed by atoms with Crippen LogP contribution in [0.5, 0.6) is 0 Å². The van der Waals surface area contributed by atoms with Gasteiger partial charge in [-0.2, -0.15) is 0 Å². The van der Waals surface area contributed by atoms with E-state index in [2.05, 4.69) is 21.2 Å². The number of aliphatic hydroxyl groups is 1. The first-order valence-corrected chi connectivity index (χ1v) is 9.87. The van der Waals surface area contributed by atoms with Crippen LogP contribution in [0.4, 0.5) is 4.39 Å². The molecule has 2 N–H and O–H groups in total. The Hall–Kier alpha value is -1.24. The molecule has 2 unspecified atom stereocenters. The summed E-state index contributed by atoms with van der Waals surface area (Å²) >= 11 is 3.26. The molecule has 1 aromatic rings. The lowest BCUT2D eigenvalue weighted by atomic mass is 9.93. The number of hydrogen-bond donors (Lipinski definition) is 2. The van der Waals surface area contributed by atoms with Crippen LogP contribution in [0, 0.1) is 5.82 Å². The number of ether oxygens (including phenoxy) is 1. The molecule has 1 heterocycles. The van der Waals surface area contributed by atoms with Crippen LogP contribution in [0.25, 0.3) is 0 Å². The van der Waals surface area contributed by atoms with Crippen molar-refractivity contribution in [3.05, 3.63) is 46.8 Å². The first kappa shape index (κ1) is 18.5. The highest BCUT2D eigenvalue weighted by atomic mass is 79.9. The van der Waals surface area contributed by atoms with Gasteiger partial charge in [0.15, 0.2) is 0 Å². The van der Waals surface area contributed by atoms with Gasteiger partial charge in [-0.1, -0.05) is 47.3 Å². The largest absolute Gasteiger partial charge is 0.388 e. The molecule has 1 fully saturated rings. The summed E-state index contributed by atoms with van der Waals surface area (Å²) in [6.45, 7) is 0.197. The van der Waals surface area contributed by atoms with E-state index in [4.69, 9.17) is 4.74 Å². The third-order valence-corrected chi connectivity index (χ3v) is 5.53. The van der Waals surface area contributed by atoms with Gasteiger partial charge >= 0.3 is 0 Å². The van der Waals surface area contributed by atoms with Gasteiger partial charge in [-0.05, 0) is 36.1 Å². The maximum atomic E-state index is 13.2. The van der Waals surface area contributed by atoms with Gasteiger partial charge in [0.25, 0.3) is 5.91 Å². The summed E-state index contributed by atoms with van der Waals surface area (Å²) in [5.74, 6) is -0.520. The summed E-state index contributed by atoms with van der Waals surface area (Å²) in [4.78, 5) is 12.9. The monoisotopic (exact) mass is 411 g/mol. The highest BCUT2D eigenvalue weighted by molar-refractivity contribution is 9.09. The van der Waals surface area contributed by atoms with Gasteiger partial charge in [-0.15, -0.1) is 0 Å². The SMILES string of the molecule is O=C(NC1CCCCC1)C1=C(C(O)CBr)COC1c1ccc(F)cc1. The maximum absolute atomic E-state index is 13.2. The number of aliphatic hydroxyl groups excluding tert-OH is 1. The van der Waals surface area contributed by atoms with E-state index in [0.717, 1.165) is 25.7 Å². The number of nitrogens with one attached hydrogen (secondary N) is 1. The smallest absolute Gasteiger partial charge is 0.250 e. The second kappa shape index (κ2) is 8.43. The molecule has 136 valence electrons. The molecule has 0 bridgehead atoms. The fourth-order valence-corrected chi connectivity index (χ4v) is 3.94. The van der Waals surface area contributed by atoms with Crippen LogP contribution in [-0.2, 0) is 9.53 Å². The van der Waals surface area contributed by atoms with E-state index in [1.165, 1.54) is 18.6 Å². The molecule has 1 aliphatic carbocycles. The molecule has 4 nitrogen and oxygen atoms in total. The molecule has 0 aromatic heterocycles. The summed E-state index contributed by atoms with van der Waals surface area (Å²) in [7, 11) is 0. The van der Waals surface area contributed by atoms with E-state index in [1.807, 2.05) is 0 Å². The summed E-state index contributed by atoms with van der Waals surface area (Å²) in [5.41, 5.74) is 1.77. The fraction of sp³-hybridized carbons (Fsp3) is 0.526. The second-order valence-electron chi connectivity index (χ2n) is 6.66. The maximum Gasteiger partial charge on any atom is 0.250 e. The molecule has 25 heavy (non-hydrogen) atoms. The van der Waals surface area contributed by atoms with E-state index in [0.29, 0.717) is 22.0 Å². The van der Waals surface area contributed by atoms with Gasteiger partial charge in [0.2, 0.25) is 0 Å². The molecule has 2 atom stereocenters. The predicted molar refractivity (Wildman–Crippen MR) is 96.9 cm³/mol. The number of carbonyl (C=O) groups is 1. The predicted octanol–water partition coefficient (Wildman–Crippen LogP) is 3.40. The topological polar surface area (TPSA) is 58.6 Å². The van der Waals surface area contributed by atoms with Crippen molar-refractivity contribution in [3.8, 4) is 0 Å². The number of halogens is 2. The van der Waals surface area contributed by atoms with Gasteiger partial charge in [0, 0.05) is 11.4 Å². The standard InChI is InChI=1S/C19H23BrFNO3/c20-10-16(23)15-11-25-18(12-6-8-13(21)9-7-12)17(15)19(24)22-14-4-2-1-3-5-14/h6-9,14,16,18,23H,1-5,10-11H2,(H,22,24). The van der Waals surface area contributed by atoms with Crippen LogP contribution in [0.2, 0.25) is 0 Å². The average molecular weight is 412 g/mol. The van der Waals surface area contributed by atoms with Gasteiger partial charge < -0.3 is 15.2 Å². The molecule has 1 aromatic carbocycles. The summed E-state index contributed by atoms with van der Waals surface area (Å²) in [5, 5.41) is 13.7. The fourth-order valence-electron chi connectivity index (χ4n) is 3.55. The van der Waals surface area contributed by atoms with E-state index in [9.17, 15) is 14.3 Å². The Morgan fingerprint density at radius 1 is 1.28 bits per heavy atom. The molecule has 3 rings (SSSR count). The zero-order valence-electron chi connectivity index (χ0n) is 14.0. The number of amides is 1. The molecule has 0 radical (unpaired) electrons. The van der Waals surface area contributed by atoms with Gasteiger partial charge in [-0.25, -0.2) is 4.39 Å². The van der Waals surface area contributed by atoms with Crippen molar-refractivity contribution in [1.29, 1.82) is 0 Å². The highest BCUT2D eigenvalue weighted by Crippen LogP contribution is 2.36. The quantitative estimate of drug-likeness (QED) is 0.729. The molecule has 0 saturated heterocycles. The molecular weight excluding hydrogens is 389 g/mol. The van der Waals surface area contributed by atoms with E-state index in [1.54, 1.807) is 12.1 Å². The minimum Gasteiger partial charge on any atom is -0.388 e. The Morgan fingerprint density at radius 2 is 1.96 bits per heavy atom. The van der Waals surface area contributed by atoms with Crippen LogP contribution in [-0.4, -0.2) is 35.1 Å². The van der Waals surface area contributed by atoms with Crippen molar-refractivity contribution in [2.75, 3.05) is 11.9 Å². The van der Waals surface area contributed by atoms with E-state index >= 15 is 0 Å². The highest BCUT2D eigenvalue weighted by Gasteiger charge is 2.36. The van der Waals surface area contributed by atoms with Gasteiger partial charge in [0.1, 0.15) is 11.9 Å². The molecule has 0 spiro atoms. The lowest BCUT2D eigenvalue weighted by Gasteiger charge is -2.24. The summed E-state index contributed by atoms with van der Waals surface area (Å²) in [6, 6.07) is 6.13. The van der Waals surface area contributed by atoms with Crippen molar-refractivity contribution in [2.24, 2.45) is 0 Å². The lowest BCUT2D eigenvalue weighted by molar-refractivity contribution is -0.119. The number of rotatable bonds is 5. The minimum absolute atomic E-state index is 0.172. The molecule has 2 aliphatic rings. The van der Waals surface area contributed by atoms with Crippen molar-refractivity contribution < 1.29 is 19.0 Å². The second-order valence-corrected chi connectivity index (χ2v) is 7.31. The molecule has 1 saturated carbocycles. The first-order chi connectivity index (χ1) is 12.1. The zero-order chi connectivity index (χ0) is 17.8. The number of alkyl halides is 1. The third-order valence-electron chi connectivity index (χ3n) is 4.92. The number of hydrogen-bond acceptors (Lipinski definition) is 3. The van der Waals surface area contributed by atoms with E-state index in [-0.39, 0.29) is 24.4 Å². The van der Waals surface area contributed by atoms with Crippen LogP contribution in [0.1, 0.15) is 43.8 Å². The number of benzene rings is 1. The van der Waals surface area contributed by atoms with Gasteiger partial charge in [-0.3, -0.25) is 4.79 Å². The Labute approximate surface area is 155 Å². The zero-order valence-corrected chi connectivity index (χ0v) is 15.6. The molecule has 6 heteroatoms. The average Bonchev–Trinajstić information content (AvgIpc) is 3.07. The summed E-state index contributed by atoms with van der Waals surface area (Å²) in [6.07, 6.45) is 4.07. The van der Waals surface area contributed by atoms with Crippen LogP contribution in [0.3, 0.4) is 0 Å². The Bertz CT molecular complexity index is 641. The molecule has 1 amide bonds. The van der Waals surface area contributed by atoms with Crippen molar-refractivity contribution in [2.45, 2.75) is 50.4 Å². The van der Waals surface area contributed by atoms with Crippen LogP contribution in [0.15, 0.2) is 35.4 Å². The minimum atomic E-state index is -0.780. The molecular formula is C19H23BrFNO3. The first-order valence-electron chi connectivity index (χ1n) is 8.75. The van der Waals surface area contributed by atoms with Gasteiger partial charge in [0.05, 0.1) is 18.3 Å². The lowest BCUT2D eigenvalue weighted by Crippen LogP contribution is -2.38.